The molecule has 1 aliphatic heterocycles. The summed E-state index contributed by atoms with van der Waals surface area (Å²) in [4.78, 5) is 0. The van der Waals surface area contributed by atoms with Crippen LogP contribution in [0.25, 0.3) is 0 Å². The van der Waals surface area contributed by atoms with Crippen molar-refractivity contribution in [2.75, 3.05) is 38.5 Å². The van der Waals surface area contributed by atoms with Gasteiger partial charge in [0, 0.05) is 26.2 Å². The monoisotopic (exact) mass is 193 g/mol. The van der Waals surface area contributed by atoms with Gasteiger partial charge in [-0.05, 0) is 0 Å². The lowest BCUT2D eigenvalue weighted by Gasteiger charge is -2.25. The molecule has 0 spiro atoms. The quantitative estimate of drug-likeness (QED) is 0.576. The summed E-state index contributed by atoms with van der Waals surface area (Å²) in [6.07, 6.45) is 0. The van der Waals surface area contributed by atoms with Gasteiger partial charge < -0.3 is 5.11 Å². The van der Waals surface area contributed by atoms with E-state index in [-0.39, 0.29) is 12.4 Å². The minimum Gasteiger partial charge on any atom is -0.395 e. The Balaban J connectivity index is 2.54. The van der Waals surface area contributed by atoms with Crippen LogP contribution in [-0.2, 0) is 10.0 Å². The van der Waals surface area contributed by atoms with Crippen molar-refractivity contribution in [1.82, 2.24) is 9.62 Å². The van der Waals surface area contributed by atoms with Crippen LogP contribution in [0.5, 0.6) is 0 Å². The lowest BCUT2D eigenvalue weighted by molar-refractivity contribution is 0.309. The molecular weight excluding hydrogens is 180 g/mol. The fraction of sp³-hybridized carbons (Fsp3) is 1.00. The Morgan fingerprint density at radius 3 is 2.42 bits per heavy atom. The Morgan fingerprint density at radius 1 is 1.33 bits per heavy atom. The molecule has 0 bridgehead atoms. The zero-order chi connectivity index (χ0) is 9.03. The molecule has 0 aliphatic carbocycles. The van der Waals surface area contributed by atoms with Gasteiger partial charge in [-0.15, -0.1) is 0 Å². The van der Waals surface area contributed by atoms with Gasteiger partial charge in [-0.25, -0.2) is 13.7 Å². The van der Waals surface area contributed by atoms with Gasteiger partial charge in [-0.2, -0.15) is 4.31 Å². The second-order valence-corrected chi connectivity index (χ2v) is 4.70. The SMILES string of the molecule is O=S(=O)(CCO)N1CC[N]CC1. The summed E-state index contributed by atoms with van der Waals surface area (Å²) < 4.78 is 24.0. The molecule has 0 aromatic rings. The third kappa shape index (κ3) is 2.41. The topological polar surface area (TPSA) is 71.7 Å². The summed E-state index contributed by atoms with van der Waals surface area (Å²) in [7, 11) is -3.21. The highest BCUT2D eigenvalue weighted by atomic mass is 32.2. The van der Waals surface area contributed by atoms with Gasteiger partial charge in [0.25, 0.3) is 0 Å². The first-order valence-electron chi connectivity index (χ1n) is 3.89. The van der Waals surface area contributed by atoms with E-state index in [2.05, 4.69) is 5.32 Å². The molecule has 1 saturated heterocycles. The van der Waals surface area contributed by atoms with Crippen molar-refractivity contribution < 1.29 is 13.5 Å². The summed E-state index contributed by atoms with van der Waals surface area (Å²) in [5.74, 6) is -0.174. The molecule has 71 valence electrons. The molecule has 0 saturated carbocycles. The van der Waals surface area contributed by atoms with Gasteiger partial charge in [0.2, 0.25) is 10.0 Å². The second kappa shape index (κ2) is 4.18. The van der Waals surface area contributed by atoms with E-state index in [1.54, 1.807) is 0 Å². The largest absolute Gasteiger partial charge is 0.395 e. The Hall–Kier alpha value is -0.170. The molecule has 1 rings (SSSR count). The zero-order valence-corrected chi connectivity index (χ0v) is 7.63. The molecule has 5 nitrogen and oxygen atoms in total. The molecule has 0 aromatic heterocycles. The van der Waals surface area contributed by atoms with Gasteiger partial charge in [0.15, 0.2) is 0 Å². The van der Waals surface area contributed by atoms with Gasteiger partial charge in [-0.3, -0.25) is 0 Å². The van der Waals surface area contributed by atoms with E-state index in [9.17, 15) is 8.42 Å². The van der Waals surface area contributed by atoms with E-state index in [0.29, 0.717) is 26.2 Å². The zero-order valence-electron chi connectivity index (χ0n) is 6.81. The van der Waals surface area contributed by atoms with Crippen LogP contribution < -0.4 is 5.32 Å². The minimum absolute atomic E-state index is 0.174. The van der Waals surface area contributed by atoms with E-state index >= 15 is 0 Å². The van der Waals surface area contributed by atoms with Crippen LogP contribution in [-0.4, -0.2) is 56.4 Å². The summed E-state index contributed by atoms with van der Waals surface area (Å²) >= 11 is 0. The summed E-state index contributed by atoms with van der Waals surface area (Å²) in [5.41, 5.74) is 0. The first kappa shape index (κ1) is 9.91. The molecule has 12 heavy (non-hydrogen) atoms. The number of rotatable bonds is 3. The molecule has 0 amide bonds. The fourth-order valence-corrected chi connectivity index (χ4v) is 2.32. The standard InChI is InChI=1S/C6H13N2O3S/c9-5-6-12(10,11)8-3-1-7-2-4-8/h9H,1-6H2. The number of nitrogens with zero attached hydrogens (tertiary/aromatic N) is 2. The number of aliphatic hydroxyl groups is 1. The van der Waals surface area contributed by atoms with Gasteiger partial charge >= 0.3 is 0 Å². The molecule has 1 heterocycles. The highest BCUT2D eigenvalue weighted by Crippen LogP contribution is 2.02. The molecule has 0 unspecified atom stereocenters. The lowest BCUT2D eigenvalue weighted by atomic mass is 10.4. The van der Waals surface area contributed by atoms with Crippen molar-refractivity contribution >= 4 is 10.0 Å². The summed E-state index contributed by atoms with van der Waals surface area (Å²) in [5, 5.41) is 12.5. The fourth-order valence-electron chi connectivity index (χ4n) is 1.11. The highest BCUT2D eigenvalue weighted by molar-refractivity contribution is 7.89. The van der Waals surface area contributed by atoms with E-state index < -0.39 is 10.0 Å². The smallest absolute Gasteiger partial charge is 0.216 e. The summed E-state index contributed by atoms with van der Waals surface area (Å²) in [6.45, 7) is 1.76. The molecule has 1 fully saturated rings. The van der Waals surface area contributed by atoms with Crippen LogP contribution in [0.2, 0.25) is 0 Å². The molecule has 1 radical (unpaired) electrons. The van der Waals surface area contributed by atoms with E-state index in [4.69, 9.17) is 5.11 Å². The lowest BCUT2D eigenvalue weighted by Crippen LogP contribution is -2.45. The number of aliphatic hydroxyl groups excluding tert-OH is 1. The van der Waals surface area contributed by atoms with E-state index in [0.717, 1.165) is 0 Å². The first-order valence-corrected chi connectivity index (χ1v) is 5.49. The highest BCUT2D eigenvalue weighted by Gasteiger charge is 2.22. The third-order valence-corrected chi connectivity index (χ3v) is 3.61. The van der Waals surface area contributed by atoms with Crippen molar-refractivity contribution in [3.05, 3.63) is 0 Å². The second-order valence-electron chi connectivity index (χ2n) is 2.61. The molecule has 1 N–H and O–H groups in total. The van der Waals surface area contributed by atoms with Crippen LogP contribution in [0, 0.1) is 0 Å². The Labute approximate surface area is 72.4 Å². The Kier molecular flexibility index (Phi) is 3.45. The number of piperazine rings is 1. The van der Waals surface area contributed by atoms with Crippen molar-refractivity contribution in [2.24, 2.45) is 0 Å². The van der Waals surface area contributed by atoms with Crippen molar-refractivity contribution in [2.45, 2.75) is 0 Å². The predicted molar refractivity (Wildman–Crippen MR) is 44.3 cm³/mol. The number of hydrogen-bond acceptors (Lipinski definition) is 3. The Morgan fingerprint density at radius 2 is 1.92 bits per heavy atom. The normalized spacial score (nSPS) is 21.1. The molecule has 6 heteroatoms. The average molecular weight is 193 g/mol. The number of sulfonamides is 1. The number of hydrogen-bond donors (Lipinski definition) is 1. The average Bonchev–Trinajstić information content (AvgIpc) is 2.06. The van der Waals surface area contributed by atoms with E-state index in [1.807, 2.05) is 0 Å². The Bertz CT molecular complexity index is 221. The third-order valence-electron chi connectivity index (χ3n) is 1.76. The molecule has 1 aliphatic rings. The maximum absolute atomic E-state index is 11.3. The van der Waals surface area contributed by atoms with E-state index in [1.165, 1.54) is 4.31 Å². The van der Waals surface area contributed by atoms with Gasteiger partial charge in [0.1, 0.15) is 0 Å². The summed E-state index contributed by atoms with van der Waals surface area (Å²) in [6, 6.07) is 0. The molecule has 0 aromatic carbocycles. The maximum atomic E-state index is 11.3. The van der Waals surface area contributed by atoms with Crippen molar-refractivity contribution in [3.8, 4) is 0 Å². The minimum atomic E-state index is -3.21. The van der Waals surface area contributed by atoms with Crippen LogP contribution >= 0.6 is 0 Å². The first-order chi connectivity index (χ1) is 5.67. The van der Waals surface area contributed by atoms with Gasteiger partial charge in [0.05, 0.1) is 12.4 Å². The van der Waals surface area contributed by atoms with Crippen LogP contribution in [0.4, 0.5) is 0 Å². The molecule has 0 atom stereocenters. The van der Waals surface area contributed by atoms with Crippen LogP contribution in [0.3, 0.4) is 0 Å². The predicted octanol–water partition coefficient (Wildman–Crippen LogP) is -1.77. The van der Waals surface area contributed by atoms with Crippen molar-refractivity contribution in [3.63, 3.8) is 0 Å². The molecular formula is C6H13N2O3S. The van der Waals surface area contributed by atoms with Crippen LogP contribution in [0.15, 0.2) is 0 Å². The maximum Gasteiger partial charge on any atom is 0.216 e. The van der Waals surface area contributed by atoms with Crippen molar-refractivity contribution in [1.29, 1.82) is 0 Å². The van der Waals surface area contributed by atoms with Crippen LogP contribution in [0.1, 0.15) is 0 Å². The van der Waals surface area contributed by atoms with Gasteiger partial charge in [-0.1, -0.05) is 0 Å².